The summed E-state index contributed by atoms with van der Waals surface area (Å²) in [6, 6.07) is 3.32. The minimum Gasteiger partial charge on any atom is -0.298 e. The van der Waals surface area contributed by atoms with Crippen molar-refractivity contribution in [2.75, 3.05) is 13.1 Å². The Morgan fingerprint density at radius 3 is 2.31 bits per heavy atom. The molecule has 0 saturated heterocycles. The molecule has 16 heavy (non-hydrogen) atoms. The predicted molar refractivity (Wildman–Crippen MR) is 50.0 cm³/mol. The molecule has 0 spiro atoms. The molecule has 0 aromatic carbocycles. The molecule has 1 aliphatic rings. The molecule has 6 heteroatoms. The van der Waals surface area contributed by atoms with Crippen LogP contribution in [-0.2, 0) is 0 Å². The summed E-state index contributed by atoms with van der Waals surface area (Å²) in [6.07, 6.45) is -2.55. The van der Waals surface area contributed by atoms with Gasteiger partial charge in [0.1, 0.15) is 0 Å². The molecule has 88 valence electrons. The third kappa shape index (κ3) is 3.71. The van der Waals surface area contributed by atoms with Crippen LogP contribution in [0.15, 0.2) is 0 Å². The van der Waals surface area contributed by atoms with Crippen molar-refractivity contribution in [1.29, 1.82) is 10.5 Å². The van der Waals surface area contributed by atoms with Crippen LogP contribution in [0.3, 0.4) is 0 Å². The quantitative estimate of drug-likeness (QED) is 0.727. The van der Waals surface area contributed by atoms with E-state index in [9.17, 15) is 13.2 Å². The van der Waals surface area contributed by atoms with Crippen molar-refractivity contribution >= 4 is 0 Å². The summed E-state index contributed by atoms with van der Waals surface area (Å²) in [4.78, 5) is 1.60. The van der Waals surface area contributed by atoms with Gasteiger partial charge in [-0.3, -0.25) is 4.90 Å². The summed E-state index contributed by atoms with van der Waals surface area (Å²) in [7, 11) is 0. The zero-order valence-electron chi connectivity index (χ0n) is 8.67. The normalized spacial score (nSPS) is 17.9. The fraction of sp³-hybridized carbons (Fsp3) is 0.800. The summed E-state index contributed by atoms with van der Waals surface area (Å²) in [6.45, 7) is 0.00176. The lowest BCUT2D eigenvalue weighted by molar-refractivity contribution is -0.163. The second kappa shape index (κ2) is 5.18. The summed E-state index contributed by atoms with van der Waals surface area (Å²) >= 11 is 0. The van der Waals surface area contributed by atoms with Gasteiger partial charge in [0.05, 0.1) is 12.1 Å². The molecule has 0 radical (unpaired) electrons. The number of rotatable bonds is 5. The number of halogens is 3. The van der Waals surface area contributed by atoms with E-state index in [-0.39, 0.29) is 19.0 Å². The maximum absolute atomic E-state index is 12.4. The lowest BCUT2D eigenvalue weighted by Gasteiger charge is -2.24. The van der Waals surface area contributed by atoms with Gasteiger partial charge in [0.2, 0.25) is 0 Å². The van der Waals surface area contributed by atoms with Crippen molar-refractivity contribution in [1.82, 2.24) is 4.90 Å². The van der Waals surface area contributed by atoms with Crippen molar-refractivity contribution in [3.8, 4) is 12.1 Å². The first-order valence-corrected chi connectivity index (χ1v) is 5.06. The fourth-order valence-electron chi connectivity index (χ4n) is 1.51. The molecule has 1 saturated carbocycles. The molecule has 3 nitrogen and oxygen atoms in total. The number of alkyl halides is 3. The van der Waals surface area contributed by atoms with Crippen LogP contribution in [0.1, 0.15) is 19.3 Å². The summed E-state index contributed by atoms with van der Waals surface area (Å²) in [5, 5.41) is 16.9. The zero-order chi connectivity index (χ0) is 12.2. The van der Waals surface area contributed by atoms with E-state index >= 15 is 0 Å². The van der Waals surface area contributed by atoms with Crippen molar-refractivity contribution in [3.05, 3.63) is 0 Å². The molecule has 0 bridgehead atoms. The van der Waals surface area contributed by atoms with Gasteiger partial charge in [0.25, 0.3) is 0 Å². The maximum Gasteiger partial charge on any atom is 0.405 e. The van der Waals surface area contributed by atoms with Crippen molar-refractivity contribution in [3.63, 3.8) is 0 Å². The van der Waals surface area contributed by atoms with E-state index in [1.807, 2.05) is 6.07 Å². The Balaban J connectivity index is 2.53. The highest BCUT2D eigenvalue weighted by molar-refractivity contribution is 4.95. The highest BCUT2D eigenvalue weighted by atomic mass is 19.4. The van der Waals surface area contributed by atoms with E-state index < -0.39 is 12.1 Å². The Bertz CT molecular complexity index is 309. The SMILES string of the molecule is N#CCCN(CC(C#N)C(F)(F)F)C1CC1. The Labute approximate surface area is 92.1 Å². The lowest BCUT2D eigenvalue weighted by atomic mass is 10.1. The maximum atomic E-state index is 12.4. The number of nitrogens with zero attached hydrogens (tertiary/aromatic N) is 3. The monoisotopic (exact) mass is 231 g/mol. The summed E-state index contributed by atoms with van der Waals surface area (Å²) < 4.78 is 37.1. The molecule has 1 aliphatic carbocycles. The van der Waals surface area contributed by atoms with Gasteiger partial charge in [-0.1, -0.05) is 0 Å². The third-order valence-corrected chi connectivity index (χ3v) is 2.54. The van der Waals surface area contributed by atoms with E-state index in [0.29, 0.717) is 6.54 Å². The van der Waals surface area contributed by atoms with E-state index in [1.54, 1.807) is 4.90 Å². The van der Waals surface area contributed by atoms with Crippen LogP contribution in [-0.4, -0.2) is 30.2 Å². The smallest absolute Gasteiger partial charge is 0.298 e. The molecule has 0 amide bonds. The highest BCUT2D eigenvalue weighted by Crippen LogP contribution is 2.32. The number of hydrogen-bond acceptors (Lipinski definition) is 3. The van der Waals surface area contributed by atoms with Crippen LogP contribution in [0.2, 0.25) is 0 Å². The third-order valence-electron chi connectivity index (χ3n) is 2.54. The molecular weight excluding hydrogens is 219 g/mol. The highest BCUT2D eigenvalue weighted by Gasteiger charge is 2.42. The van der Waals surface area contributed by atoms with Gasteiger partial charge in [-0.25, -0.2) is 0 Å². The van der Waals surface area contributed by atoms with E-state index in [2.05, 4.69) is 0 Å². The van der Waals surface area contributed by atoms with Gasteiger partial charge in [0.15, 0.2) is 5.92 Å². The van der Waals surface area contributed by atoms with Gasteiger partial charge in [0, 0.05) is 25.6 Å². The second-order valence-corrected chi connectivity index (χ2v) is 3.86. The van der Waals surface area contributed by atoms with Gasteiger partial charge >= 0.3 is 6.18 Å². The fourth-order valence-corrected chi connectivity index (χ4v) is 1.51. The van der Waals surface area contributed by atoms with Crippen LogP contribution in [0.5, 0.6) is 0 Å². The van der Waals surface area contributed by atoms with Crippen LogP contribution < -0.4 is 0 Å². The van der Waals surface area contributed by atoms with E-state index in [1.165, 1.54) is 6.07 Å². The first-order valence-electron chi connectivity index (χ1n) is 5.06. The van der Waals surface area contributed by atoms with Crippen LogP contribution in [0.4, 0.5) is 13.2 Å². The molecule has 0 heterocycles. The standard InChI is InChI=1S/C10H12F3N3/c11-10(12,13)8(6-15)7-16(5-1-4-14)9-2-3-9/h8-9H,1-3,5,7H2. The Morgan fingerprint density at radius 1 is 1.31 bits per heavy atom. The van der Waals surface area contributed by atoms with Gasteiger partial charge in [-0.05, 0) is 12.8 Å². The molecule has 1 unspecified atom stereocenters. The molecule has 1 atom stereocenters. The molecule has 0 aromatic rings. The predicted octanol–water partition coefficient (Wildman–Crippen LogP) is 2.07. The molecular formula is C10H12F3N3. The zero-order valence-corrected chi connectivity index (χ0v) is 8.67. The van der Waals surface area contributed by atoms with E-state index in [0.717, 1.165) is 12.8 Å². The van der Waals surface area contributed by atoms with Gasteiger partial charge in [-0.15, -0.1) is 0 Å². The van der Waals surface area contributed by atoms with Crippen LogP contribution in [0, 0.1) is 28.6 Å². The Kier molecular flexibility index (Phi) is 4.14. The van der Waals surface area contributed by atoms with Gasteiger partial charge in [-0.2, -0.15) is 23.7 Å². The molecule has 0 aliphatic heterocycles. The Hall–Kier alpha value is -1.27. The topological polar surface area (TPSA) is 50.8 Å². The minimum absolute atomic E-state index is 0.131. The van der Waals surface area contributed by atoms with E-state index in [4.69, 9.17) is 10.5 Å². The molecule has 1 fully saturated rings. The van der Waals surface area contributed by atoms with Gasteiger partial charge < -0.3 is 0 Å². The first-order chi connectivity index (χ1) is 7.49. The molecule has 1 rings (SSSR count). The lowest BCUT2D eigenvalue weighted by Crippen LogP contribution is -2.37. The first kappa shape index (κ1) is 12.8. The van der Waals surface area contributed by atoms with Crippen molar-refractivity contribution < 1.29 is 13.2 Å². The average Bonchev–Trinajstić information content (AvgIpc) is 3.00. The second-order valence-electron chi connectivity index (χ2n) is 3.86. The van der Waals surface area contributed by atoms with Crippen LogP contribution in [0.25, 0.3) is 0 Å². The van der Waals surface area contributed by atoms with Crippen molar-refractivity contribution in [2.45, 2.75) is 31.5 Å². The molecule has 0 N–H and O–H groups in total. The number of hydrogen-bond donors (Lipinski definition) is 0. The average molecular weight is 231 g/mol. The van der Waals surface area contributed by atoms with Crippen molar-refractivity contribution in [2.24, 2.45) is 5.92 Å². The Morgan fingerprint density at radius 2 is 1.94 bits per heavy atom. The summed E-state index contributed by atoms with van der Waals surface area (Å²) in [5.41, 5.74) is 0. The number of nitriles is 2. The molecule has 0 aromatic heterocycles. The van der Waals surface area contributed by atoms with Crippen LogP contribution >= 0.6 is 0 Å². The minimum atomic E-state index is -4.48. The summed E-state index contributed by atoms with van der Waals surface area (Å²) in [5.74, 6) is -1.95. The largest absolute Gasteiger partial charge is 0.405 e.